The first kappa shape index (κ1) is 15.1. The van der Waals surface area contributed by atoms with Crippen LogP contribution in [0.2, 0.25) is 0 Å². The first-order chi connectivity index (χ1) is 8.00. The van der Waals surface area contributed by atoms with E-state index in [2.05, 4.69) is 0 Å². The Balaban J connectivity index is 2.68. The molecule has 0 aromatic rings. The van der Waals surface area contributed by atoms with Crippen molar-refractivity contribution in [1.82, 2.24) is 4.90 Å². The highest BCUT2D eigenvalue weighted by Gasteiger charge is 2.48. The van der Waals surface area contributed by atoms with Gasteiger partial charge in [-0.2, -0.15) is 13.2 Å². The zero-order chi connectivity index (χ0) is 14.1. The minimum absolute atomic E-state index is 0.0721. The third kappa shape index (κ3) is 4.04. The predicted molar refractivity (Wildman–Crippen MR) is 58.0 cm³/mol. The number of aliphatic hydroxyl groups is 1. The van der Waals surface area contributed by atoms with Crippen LogP contribution in [-0.4, -0.2) is 47.1 Å². The Kier molecular flexibility index (Phi) is 4.15. The quantitative estimate of drug-likeness (QED) is 0.733. The van der Waals surface area contributed by atoms with Crippen LogP contribution in [0.4, 0.5) is 18.0 Å². The lowest BCUT2D eigenvalue weighted by Gasteiger charge is -2.37. The van der Waals surface area contributed by atoms with Gasteiger partial charge in [0.25, 0.3) is 0 Å². The highest BCUT2D eigenvalue weighted by molar-refractivity contribution is 5.68. The number of likely N-dealkylation sites (tertiary alicyclic amines) is 1. The van der Waals surface area contributed by atoms with E-state index in [-0.39, 0.29) is 13.0 Å². The number of ether oxygens (including phenoxy) is 1. The third-order valence-corrected chi connectivity index (χ3v) is 2.65. The number of hydrogen-bond acceptors (Lipinski definition) is 3. The first-order valence-corrected chi connectivity index (χ1v) is 5.73. The molecule has 2 atom stereocenters. The molecule has 1 aliphatic heterocycles. The van der Waals surface area contributed by atoms with Crippen LogP contribution in [0.15, 0.2) is 0 Å². The highest BCUT2D eigenvalue weighted by Crippen LogP contribution is 2.33. The Morgan fingerprint density at radius 1 is 1.33 bits per heavy atom. The van der Waals surface area contributed by atoms with Gasteiger partial charge in [-0.1, -0.05) is 0 Å². The summed E-state index contributed by atoms with van der Waals surface area (Å²) in [7, 11) is 0. The fraction of sp³-hybridized carbons (Fsp3) is 0.909. The molecule has 1 rings (SSSR count). The van der Waals surface area contributed by atoms with Gasteiger partial charge in [-0.15, -0.1) is 0 Å². The van der Waals surface area contributed by atoms with Crippen LogP contribution < -0.4 is 0 Å². The van der Waals surface area contributed by atoms with Crippen LogP contribution in [0, 0.1) is 5.92 Å². The van der Waals surface area contributed by atoms with Crippen LogP contribution in [0.5, 0.6) is 0 Å². The topological polar surface area (TPSA) is 49.8 Å². The molecule has 1 heterocycles. The summed E-state index contributed by atoms with van der Waals surface area (Å²) in [5, 5.41) is 9.34. The van der Waals surface area contributed by atoms with Gasteiger partial charge in [-0.3, -0.25) is 0 Å². The number of carbonyl (C=O) groups is 1. The molecule has 1 saturated heterocycles. The van der Waals surface area contributed by atoms with Crippen molar-refractivity contribution in [3.63, 3.8) is 0 Å². The maximum absolute atomic E-state index is 12.6. The van der Waals surface area contributed by atoms with Crippen molar-refractivity contribution >= 4 is 6.09 Å². The maximum Gasteiger partial charge on any atom is 0.410 e. The van der Waals surface area contributed by atoms with E-state index in [9.17, 15) is 23.1 Å². The molecule has 0 radical (unpaired) electrons. The first-order valence-electron chi connectivity index (χ1n) is 5.73. The molecule has 0 aliphatic carbocycles. The molecule has 7 heteroatoms. The van der Waals surface area contributed by atoms with Gasteiger partial charge in [0.2, 0.25) is 0 Å². The van der Waals surface area contributed by atoms with Crippen molar-refractivity contribution in [2.75, 3.05) is 13.1 Å². The van der Waals surface area contributed by atoms with Crippen LogP contribution in [0.25, 0.3) is 0 Å². The molecule has 4 nitrogen and oxygen atoms in total. The second-order valence-electron chi connectivity index (χ2n) is 5.43. The van der Waals surface area contributed by atoms with Crippen molar-refractivity contribution in [2.45, 2.75) is 45.1 Å². The van der Waals surface area contributed by atoms with E-state index in [1.807, 2.05) is 0 Å². The van der Waals surface area contributed by atoms with Crippen LogP contribution >= 0.6 is 0 Å². The van der Waals surface area contributed by atoms with Crippen LogP contribution in [-0.2, 0) is 4.74 Å². The van der Waals surface area contributed by atoms with Gasteiger partial charge in [0, 0.05) is 13.1 Å². The lowest BCUT2D eigenvalue weighted by molar-refractivity contribution is -0.211. The fourth-order valence-corrected chi connectivity index (χ4v) is 1.75. The van der Waals surface area contributed by atoms with Gasteiger partial charge in [0.05, 0.1) is 12.0 Å². The zero-order valence-corrected chi connectivity index (χ0v) is 10.6. The monoisotopic (exact) mass is 269 g/mol. The van der Waals surface area contributed by atoms with Gasteiger partial charge in [0.1, 0.15) is 5.60 Å². The van der Waals surface area contributed by atoms with Crippen molar-refractivity contribution < 1.29 is 27.8 Å². The Morgan fingerprint density at radius 2 is 1.89 bits per heavy atom. The molecule has 18 heavy (non-hydrogen) atoms. The van der Waals surface area contributed by atoms with Crippen molar-refractivity contribution in [3.8, 4) is 0 Å². The summed E-state index contributed by atoms with van der Waals surface area (Å²) in [5.74, 6) is -1.90. The summed E-state index contributed by atoms with van der Waals surface area (Å²) in [6.07, 6.45) is -6.84. The Morgan fingerprint density at radius 3 is 2.33 bits per heavy atom. The van der Waals surface area contributed by atoms with E-state index in [1.165, 1.54) is 0 Å². The molecule has 1 aliphatic rings. The van der Waals surface area contributed by atoms with Crippen molar-refractivity contribution in [1.29, 1.82) is 0 Å². The standard InChI is InChI=1S/C11H18F3NO3/c1-10(2,3)18-9(17)15-5-4-8(16)7(6-15)11(12,13)14/h7-8,16H,4-6H2,1-3H3/t7-,8+/m0/s1. The number of amides is 1. The summed E-state index contributed by atoms with van der Waals surface area (Å²) >= 11 is 0. The molecule has 0 unspecified atom stereocenters. The Bertz CT molecular complexity index is 312. The average Bonchev–Trinajstić information content (AvgIpc) is 2.13. The number of halogens is 3. The Hall–Kier alpha value is -0.980. The maximum atomic E-state index is 12.6. The number of hydrogen-bond donors (Lipinski definition) is 1. The molecule has 0 spiro atoms. The largest absolute Gasteiger partial charge is 0.444 e. The third-order valence-electron chi connectivity index (χ3n) is 2.65. The number of alkyl halides is 3. The van der Waals surface area contributed by atoms with Gasteiger partial charge in [-0.05, 0) is 27.2 Å². The minimum Gasteiger partial charge on any atom is -0.444 e. The lowest BCUT2D eigenvalue weighted by atomic mass is 9.94. The van der Waals surface area contributed by atoms with E-state index >= 15 is 0 Å². The predicted octanol–water partition coefficient (Wildman–Crippen LogP) is 2.17. The van der Waals surface area contributed by atoms with E-state index < -0.39 is 36.4 Å². The molecular weight excluding hydrogens is 251 g/mol. The SMILES string of the molecule is CC(C)(C)OC(=O)N1CC[C@@H](O)[C@@H](C(F)(F)F)C1. The molecule has 0 bridgehead atoms. The van der Waals surface area contributed by atoms with Gasteiger partial charge >= 0.3 is 12.3 Å². The summed E-state index contributed by atoms with van der Waals surface area (Å²) in [6, 6.07) is 0. The van der Waals surface area contributed by atoms with E-state index in [0.717, 1.165) is 4.90 Å². The summed E-state index contributed by atoms with van der Waals surface area (Å²) in [4.78, 5) is 12.6. The summed E-state index contributed by atoms with van der Waals surface area (Å²) < 4.78 is 42.9. The number of rotatable bonds is 0. The van der Waals surface area contributed by atoms with Crippen molar-refractivity contribution in [2.24, 2.45) is 5.92 Å². The second kappa shape index (κ2) is 4.95. The molecule has 1 fully saturated rings. The number of aliphatic hydroxyl groups excluding tert-OH is 1. The van der Waals surface area contributed by atoms with E-state index in [0.29, 0.717) is 0 Å². The molecule has 1 amide bonds. The van der Waals surface area contributed by atoms with Gasteiger partial charge in [-0.25, -0.2) is 4.79 Å². The normalized spacial score (nSPS) is 26.1. The molecule has 1 N–H and O–H groups in total. The summed E-state index contributed by atoms with van der Waals surface area (Å²) in [6.45, 7) is 4.45. The van der Waals surface area contributed by atoms with E-state index in [1.54, 1.807) is 20.8 Å². The molecule has 0 aromatic carbocycles. The molecular formula is C11H18F3NO3. The zero-order valence-electron chi connectivity index (χ0n) is 10.6. The average molecular weight is 269 g/mol. The van der Waals surface area contributed by atoms with Crippen LogP contribution in [0.3, 0.4) is 0 Å². The Labute approximate surface area is 104 Å². The molecule has 0 saturated carbocycles. The molecule has 0 aromatic heterocycles. The number of carbonyl (C=O) groups excluding carboxylic acids is 1. The second-order valence-corrected chi connectivity index (χ2v) is 5.43. The smallest absolute Gasteiger partial charge is 0.410 e. The highest BCUT2D eigenvalue weighted by atomic mass is 19.4. The minimum atomic E-state index is -4.51. The summed E-state index contributed by atoms with van der Waals surface area (Å²) in [5.41, 5.74) is -0.749. The van der Waals surface area contributed by atoms with Crippen LogP contribution in [0.1, 0.15) is 27.2 Å². The lowest BCUT2D eigenvalue weighted by Crippen LogP contribution is -2.52. The van der Waals surface area contributed by atoms with E-state index in [4.69, 9.17) is 4.74 Å². The molecule has 106 valence electrons. The van der Waals surface area contributed by atoms with Gasteiger partial charge in [0.15, 0.2) is 0 Å². The fourth-order valence-electron chi connectivity index (χ4n) is 1.75. The van der Waals surface area contributed by atoms with Crippen molar-refractivity contribution in [3.05, 3.63) is 0 Å². The number of piperidine rings is 1. The number of nitrogens with zero attached hydrogens (tertiary/aromatic N) is 1. The van der Waals surface area contributed by atoms with Gasteiger partial charge < -0.3 is 14.7 Å².